The summed E-state index contributed by atoms with van der Waals surface area (Å²) in [6.45, 7) is -0.328. The summed E-state index contributed by atoms with van der Waals surface area (Å²) in [5.74, 6) is -0.749. The normalized spacial score (nSPS) is 22.0. The predicted octanol–water partition coefficient (Wildman–Crippen LogP) is 4.70. The quantitative estimate of drug-likeness (QED) is 0.421. The maximum Gasteiger partial charge on any atom is 0.416 e. The number of piperidine rings is 1. The molecular formula is C27H24ClF3N6O3S. The third-order valence-electron chi connectivity index (χ3n) is 7.15. The molecule has 1 saturated heterocycles. The molecule has 0 spiro atoms. The van der Waals surface area contributed by atoms with Gasteiger partial charge < -0.3 is 5.73 Å². The number of carbonyl (C=O) groups is 1. The van der Waals surface area contributed by atoms with Crippen molar-refractivity contribution in [3.05, 3.63) is 94.6 Å². The number of aliphatic imine (C=N–C) groups is 1. The van der Waals surface area contributed by atoms with Crippen molar-refractivity contribution in [3.8, 4) is 0 Å². The molecule has 1 atom stereocenters. The minimum absolute atomic E-state index is 0.0195. The van der Waals surface area contributed by atoms with Crippen molar-refractivity contribution in [2.75, 3.05) is 13.1 Å². The molecule has 2 aliphatic rings. The minimum Gasteiger partial charge on any atom is -0.404 e. The number of carbonyl (C=O) groups excluding carboxylic acids is 1. The van der Waals surface area contributed by atoms with E-state index in [0.717, 1.165) is 16.6 Å². The van der Waals surface area contributed by atoms with Crippen LogP contribution >= 0.6 is 11.6 Å². The van der Waals surface area contributed by atoms with Crippen molar-refractivity contribution in [1.82, 2.24) is 19.1 Å². The molecule has 0 radical (unpaired) electrons. The Hall–Kier alpha value is -3.81. The largest absolute Gasteiger partial charge is 0.416 e. The van der Waals surface area contributed by atoms with Gasteiger partial charge in [0.15, 0.2) is 10.8 Å². The zero-order valence-corrected chi connectivity index (χ0v) is 23.2. The van der Waals surface area contributed by atoms with Crippen LogP contribution in [0.3, 0.4) is 0 Å². The number of benzene rings is 1. The standard InChI is InChI=1S/C27H24ClF3N6O3S/c1-36-10-8-24(35-36)41(39,40)37-11-7-18-12-22(34-21-4-2-20(28)3-5-21)17(15-32)14-26(18,16-37)25(38)23-13-19(6-9-33-23)27(29,30)31/h2-6,8-10,12-13,15H,7,11,14,16,32H2,1H3/b17-15-,34-22?/t26-/m0/s1. The Balaban J connectivity index is 1.64. The third-order valence-corrected chi connectivity index (χ3v) is 9.14. The second-order valence-corrected chi connectivity index (χ2v) is 12.1. The maximum atomic E-state index is 14.2. The number of aryl methyl sites for hydroxylation is 1. The number of aromatic nitrogens is 3. The van der Waals surface area contributed by atoms with E-state index in [-0.39, 0.29) is 31.0 Å². The van der Waals surface area contributed by atoms with Crippen LogP contribution in [0.1, 0.15) is 28.9 Å². The van der Waals surface area contributed by atoms with Gasteiger partial charge in [0.25, 0.3) is 10.0 Å². The fraction of sp³-hybridized carbons (Fsp3) is 0.259. The predicted molar refractivity (Wildman–Crippen MR) is 146 cm³/mol. The van der Waals surface area contributed by atoms with Crippen molar-refractivity contribution < 1.29 is 26.4 Å². The molecule has 2 aromatic heterocycles. The first-order chi connectivity index (χ1) is 19.3. The van der Waals surface area contributed by atoms with Crippen molar-refractivity contribution in [2.45, 2.75) is 24.0 Å². The summed E-state index contributed by atoms with van der Waals surface area (Å²) in [5.41, 5.74) is 4.87. The number of sulfonamides is 1. The number of pyridine rings is 1. The summed E-state index contributed by atoms with van der Waals surface area (Å²) >= 11 is 5.98. The molecule has 1 aliphatic heterocycles. The Labute approximate surface area is 238 Å². The third kappa shape index (κ3) is 5.44. The molecule has 14 heteroatoms. The highest BCUT2D eigenvalue weighted by atomic mass is 35.5. The van der Waals surface area contributed by atoms with Crippen molar-refractivity contribution in [2.24, 2.45) is 23.2 Å². The molecule has 41 heavy (non-hydrogen) atoms. The van der Waals surface area contributed by atoms with Gasteiger partial charge >= 0.3 is 6.18 Å². The van der Waals surface area contributed by atoms with Gasteiger partial charge in [-0.2, -0.15) is 22.6 Å². The lowest BCUT2D eigenvalue weighted by molar-refractivity contribution is -0.137. The zero-order chi connectivity index (χ0) is 29.6. The summed E-state index contributed by atoms with van der Waals surface area (Å²) in [6, 6.07) is 9.52. The van der Waals surface area contributed by atoms with Gasteiger partial charge in [0.05, 0.1) is 22.4 Å². The highest BCUT2D eigenvalue weighted by Crippen LogP contribution is 2.48. The molecule has 5 rings (SSSR count). The lowest BCUT2D eigenvalue weighted by Gasteiger charge is -2.45. The first-order valence-corrected chi connectivity index (χ1v) is 14.2. The molecule has 1 fully saturated rings. The molecule has 0 saturated carbocycles. The van der Waals surface area contributed by atoms with E-state index >= 15 is 0 Å². The Kier molecular flexibility index (Phi) is 7.38. The summed E-state index contributed by atoms with van der Waals surface area (Å²) in [5, 5.41) is 4.33. The lowest BCUT2D eigenvalue weighted by Crippen LogP contribution is -2.53. The first kappa shape index (κ1) is 28.7. The molecule has 9 nitrogen and oxygen atoms in total. The van der Waals surface area contributed by atoms with Crippen LogP contribution < -0.4 is 5.73 Å². The number of nitrogens with two attached hydrogens (primary N) is 1. The van der Waals surface area contributed by atoms with E-state index in [1.165, 1.54) is 23.1 Å². The second kappa shape index (κ2) is 10.5. The van der Waals surface area contributed by atoms with Gasteiger partial charge in [-0.3, -0.25) is 14.5 Å². The number of hydrogen-bond acceptors (Lipinski definition) is 7. The number of ketones is 1. The Morgan fingerprint density at radius 3 is 2.56 bits per heavy atom. The number of halogens is 4. The molecular weight excluding hydrogens is 581 g/mol. The molecule has 0 amide bonds. The number of allylic oxidation sites excluding steroid dienone is 2. The molecule has 3 aromatic rings. The van der Waals surface area contributed by atoms with Gasteiger partial charge in [-0.25, -0.2) is 13.4 Å². The average molecular weight is 605 g/mol. The monoisotopic (exact) mass is 604 g/mol. The van der Waals surface area contributed by atoms with Gasteiger partial charge in [0.1, 0.15) is 5.69 Å². The van der Waals surface area contributed by atoms with Crippen LogP contribution in [0.5, 0.6) is 0 Å². The van der Waals surface area contributed by atoms with Crippen LogP contribution in [0.15, 0.2) is 88.3 Å². The van der Waals surface area contributed by atoms with Gasteiger partial charge in [0, 0.05) is 37.6 Å². The van der Waals surface area contributed by atoms with Crippen LogP contribution in [-0.2, 0) is 23.2 Å². The molecule has 1 aromatic carbocycles. The van der Waals surface area contributed by atoms with E-state index in [1.54, 1.807) is 37.4 Å². The fourth-order valence-corrected chi connectivity index (χ4v) is 6.64. The van der Waals surface area contributed by atoms with Gasteiger partial charge in [-0.05, 0) is 73.2 Å². The van der Waals surface area contributed by atoms with Crippen molar-refractivity contribution >= 4 is 38.8 Å². The molecule has 1 aliphatic carbocycles. The number of nitrogens with zero attached hydrogens (tertiary/aromatic N) is 5. The van der Waals surface area contributed by atoms with E-state index in [4.69, 9.17) is 17.3 Å². The number of rotatable bonds is 5. The van der Waals surface area contributed by atoms with E-state index in [0.29, 0.717) is 33.6 Å². The highest BCUT2D eigenvalue weighted by Gasteiger charge is 2.52. The zero-order valence-electron chi connectivity index (χ0n) is 21.6. The molecule has 214 valence electrons. The minimum atomic E-state index is -4.71. The molecule has 0 unspecified atom stereocenters. The van der Waals surface area contributed by atoms with Crippen molar-refractivity contribution in [1.29, 1.82) is 0 Å². The number of hydrogen-bond donors (Lipinski definition) is 1. The SMILES string of the molecule is Cn1ccc(S(=O)(=O)N2CCC3=CC(=Nc4ccc(Cl)cc4)/C(=C\N)C[C@]3(C(=O)c3cc(C(F)(F)F)ccn3)C2)n1. The summed E-state index contributed by atoms with van der Waals surface area (Å²) in [7, 11) is -2.57. The van der Waals surface area contributed by atoms with Crippen LogP contribution in [0, 0.1) is 5.41 Å². The number of Topliss-reactive ketones (excluding diaryl/α,β-unsaturated/α-hetero) is 1. The average Bonchev–Trinajstić information content (AvgIpc) is 3.40. The Morgan fingerprint density at radius 1 is 1.20 bits per heavy atom. The second-order valence-electron chi connectivity index (χ2n) is 9.77. The first-order valence-electron chi connectivity index (χ1n) is 12.4. The molecule has 0 bridgehead atoms. The lowest BCUT2D eigenvalue weighted by atomic mass is 9.64. The topological polar surface area (TPSA) is 124 Å². The van der Waals surface area contributed by atoms with E-state index in [9.17, 15) is 26.4 Å². The number of fused-ring (bicyclic) bond motifs is 1. The van der Waals surface area contributed by atoms with Crippen LogP contribution in [0.2, 0.25) is 5.02 Å². The number of alkyl halides is 3. The Morgan fingerprint density at radius 2 is 1.93 bits per heavy atom. The smallest absolute Gasteiger partial charge is 0.404 e. The summed E-state index contributed by atoms with van der Waals surface area (Å²) in [4.78, 5) is 22.8. The molecule has 3 heterocycles. The van der Waals surface area contributed by atoms with Crippen LogP contribution in [0.25, 0.3) is 0 Å². The van der Waals surface area contributed by atoms with Crippen LogP contribution in [0.4, 0.5) is 18.9 Å². The molecule has 2 N–H and O–H groups in total. The van der Waals surface area contributed by atoms with Gasteiger partial charge in [0.2, 0.25) is 0 Å². The summed E-state index contributed by atoms with van der Waals surface area (Å²) < 4.78 is 70.1. The Bertz CT molecular complexity index is 1710. The van der Waals surface area contributed by atoms with Gasteiger partial charge in [-0.1, -0.05) is 17.2 Å². The van der Waals surface area contributed by atoms with E-state index in [1.807, 2.05) is 0 Å². The van der Waals surface area contributed by atoms with Crippen LogP contribution in [-0.4, -0.2) is 52.1 Å². The van der Waals surface area contributed by atoms with Crippen molar-refractivity contribution in [3.63, 3.8) is 0 Å². The van der Waals surface area contributed by atoms with E-state index < -0.39 is 38.7 Å². The summed E-state index contributed by atoms with van der Waals surface area (Å²) in [6.07, 6.45) is 0.627. The van der Waals surface area contributed by atoms with E-state index in [2.05, 4.69) is 15.1 Å². The highest BCUT2D eigenvalue weighted by molar-refractivity contribution is 7.89. The maximum absolute atomic E-state index is 14.2. The van der Waals surface area contributed by atoms with Gasteiger partial charge in [-0.15, -0.1) is 0 Å². The fourth-order valence-electron chi connectivity index (χ4n) is 5.07.